The number of carbonyl (C=O) groups is 2. The SMILES string of the molecule is Cc1ccccc1C(=O)NCCC(=O)NC1C2CC3CC(C2)CC1C3. The highest BCUT2D eigenvalue weighted by Gasteiger charge is 2.48. The van der Waals surface area contributed by atoms with Crippen molar-refractivity contribution in [1.29, 1.82) is 0 Å². The fourth-order valence-corrected chi connectivity index (χ4v) is 5.63. The zero-order valence-electron chi connectivity index (χ0n) is 15.0. The number of amides is 2. The summed E-state index contributed by atoms with van der Waals surface area (Å²) in [6.45, 7) is 2.32. The summed E-state index contributed by atoms with van der Waals surface area (Å²) in [6, 6.07) is 7.91. The van der Waals surface area contributed by atoms with Crippen molar-refractivity contribution in [3.05, 3.63) is 35.4 Å². The van der Waals surface area contributed by atoms with E-state index in [9.17, 15) is 9.59 Å². The van der Waals surface area contributed by atoms with Gasteiger partial charge in [-0.05, 0) is 74.3 Å². The van der Waals surface area contributed by atoms with Gasteiger partial charge in [-0.15, -0.1) is 0 Å². The van der Waals surface area contributed by atoms with Gasteiger partial charge in [0.1, 0.15) is 0 Å². The van der Waals surface area contributed by atoms with Crippen molar-refractivity contribution >= 4 is 11.8 Å². The molecule has 0 unspecified atom stereocenters. The van der Waals surface area contributed by atoms with Crippen LogP contribution in [0.25, 0.3) is 0 Å². The Morgan fingerprint density at radius 1 is 1.00 bits per heavy atom. The molecule has 0 aliphatic heterocycles. The number of aryl methyl sites for hydroxylation is 1. The molecule has 0 saturated heterocycles. The summed E-state index contributed by atoms with van der Waals surface area (Å²) in [5.74, 6) is 3.22. The summed E-state index contributed by atoms with van der Waals surface area (Å²) < 4.78 is 0. The van der Waals surface area contributed by atoms with E-state index in [1.54, 1.807) is 0 Å². The van der Waals surface area contributed by atoms with E-state index in [0.29, 0.717) is 36.4 Å². The normalized spacial score (nSPS) is 32.4. The molecule has 134 valence electrons. The van der Waals surface area contributed by atoms with Gasteiger partial charge in [0.2, 0.25) is 5.91 Å². The monoisotopic (exact) mass is 340 g/mol. The number of rotatable bonds is 5. The van der Waals surface area contributed by atoms with Crippen LogP contribution in [0.4, 0.5) is 0 Å². The third-order valence-corrected chi connectivity index (χ3v) is 6.58. The molecule has 2 amide bonds. The molecule has 4 aliphatic rings. The van der Waals surface area contributed by atoms with Gasteiger partial charge in [0.15, 0.2) is 0 Å². The van der Waals surface area contributed by atoms with Crippen LogP contribution in [0.5, 0.6) is 0 Å². The average molecular weight is 340 g/mol. The lowest BCUT2D eigenvalue weighted by atomic mass is 9.54. The highest BCUT2D eigenvalue weighted by Crippen LogP contribution is 2.53. The molecule has 5 rings (SSSR count). The second-order valence-corrected chi connectivity index (χ2v) is 8.34. The topological polar surface area (TPSA) is 58.2 Å². The van der Waals surface area contributed by atoms with Crippen molar-refractivity contribution in [3.63, 3.8) is 0 Å². The molecule has 0 atom stereocenters. The molecule has 2 N–H and O–H groups in total. The number of nitrogens with one attached hydrogen (secondary N) is 2. The zero-order chi connectivity index (χ0) is 17.4. The van der Waals surface area contributed by atoms with Crippen molar-refractivity contribution in [2.45, 2.75) is 51.5 Å². The molecule has 4 fully saturated rings. The molecular formula is C21H28N2O2. The predicted octanol–water partition coefficient (Wildman–Crippen LogP) is 3.06. The summed E-state index contributed by atoms with van der Waals surface area (Å²) in [7, 11) is 0. The third kappa shape index (κ3) is 3.44. The maximum absolute atomic E-state index is 12.4. The van der Waals surface area contributed by atoms with Crippen molar-refractivity contribution in [2.75, 3.05) is 6.54 Å². The summed E-state index contributed by atoms with van der Waals surface area (Å²) in [6.07, 6.45) is 7.02. The van der Waals surface area contributed by atoms with Crippen LogP contribution in [0.2, 0.25) is 0 Å². The smallest absolute Gasteiger partial charge is 0.251 e. The molecule has 0 heterocycles. The molecular weight excluding hydrogens is 312 g/mol. The number of benzene rings is 1. The van der Waals surface area contributed by atoms with E-state index in [2.05, 4.69) is 10.6 Å². The van der Waals surface area contributed by atoms with E-state index in [0.717, 1.165) is 17.4 Å². The minimum atomic E-state index is -0.0967. The van der Waals surface area contributed by atoms with E-state index in [1.807, 2.05) is 31.2 Å². The Bertz CT molecular complexity index is 642. The molecule has 1 aromatic carbocycles. The zero-order valence-corrected chi connectivity index (χ0v) is 15.0. The maximum Gasteiger partial charge on any atom is 0.251 e. The second-order valence-electron chi connectivity index (χ2n) is 8.34. The van der Waals surface area contributed by atoms with Gasteiger partial charge in [-0.25, -0.2) is 0 Å². The molecule has 4 bridgehead atoms. The highest BCUT2D eigenvalue weighted by molar-refractivity contribution is 5.95. The Hall–Kier alpha value is -1.84. The van der Waals surface area contributed by atoms with Gasteiger partial charge in [-0.1, -0.05) is 18.2 Å². The number of hydrogen-bond acceptors (Lipinski definition) is 2. The summed E-state index contributed by atoms with van der Waals surface area (Å²) in [5, 5.41) is 6.17. The molecule has 0 radical (unpaired) electrons. The quantitative estimate of drug-likeness (QED) is 0.865. The van der Waals surface area contributed by atoms with E-state index in [-0.39, 0.29) is 11.8 Å². The van der Waals surface area contributed by atoms with Gasteiger partial charge in [0, 0.05) is 24.6 Å². The minimum Gasteiger partial charge on any atom is -0.353 e. The van der Waals surface area contributed by atoms with Crippen molar-refractivity contribution in [3.8, 4) is 0 Å². The molecule has 0 aromatic heterocycles. The van der Waals surface area contributed by atoms with Gasteiger partial charge in [-0.2, -0.15) is 0 Å². The van der Waals surface area contributed by atoms with Crippen LogP contribution in [0.15, 0.2) is 24.3 Å². The predicted molar refractivity (Wildman–Crippen MR) is 97.1 cm³/mol. The summed E-state index contributed by atoms with van der Waals surface area (Å²) in [5.41, 5.74) is 1.64. The Balaban J connectivity index is 1.25. The number of hydrogen-bond donors (Lipinski definition) is 2. The van der Waals surface area contributed by atoms with Gasteiger partial charge in [0.05, 0.1) is 0 Å². The van der Waals surface area contributed by atoms with Crippen LogP contribution in [0.1, 0.15) is 54.4 Å². The van der Waals surface area contributed by atoms with Gasteiger partial charge in [-0.3, -0.25) is 9.59 Å². The molecule has 4 saturated carbocycles. The lowest BCUT2D eigenvalue weighted by molar-refractivity contribution is -0.124. The van der Waals surface area contributed by atoms with Crippen LogP contribution >= 0.6 is 0 Å². The van der Waals surface area contributed by atoms with Crippen molar-refractivity contribution in [1.82, 2.24) is 10.6 Å². The second kappa shape index (κ2) is 6.81. The van der Waals surface area contributed by atoms with Crippen molar-refractivity contribution in [2.24, 2.45) is 23.7 Å². The minimum absolute atomic E-state index is 0.0857. The molecule has 4 heteroatoms. The first-order valence-corrected chi connectivity index (χ1v) is 9.73. The first kappa shape index (κ1) is 16.6. The lowest BCUT2D eigenvalue weighted by Crippen LogP contribution is -2.56. The van der Waals surface area contributed by atoms with Crippen LogP contribution in [-0.4, -0.2) is 24.4 Å². The standard InChI is InChI=1S/C21H28N2O2/c1-13-4-2-3-5-18(13)21(25)22-7-6-19(24)23-20-16-9-14-8-15(11-16)12-17(20)10-14/h2-5,14-17,20H,6-12H2,1H3,(H,22,25)(H,23,24). The van der Waals surface area contributed by atoms with E-state index in [1.165, 1.54) is 32.1 Å². The summed E-state index contributed by atoms with van der Waals surface area (Å²) in [4.78, 5) is 24.6. The van der Waals surface area contributed by atoms with Gasteiger partial charge in [0.25, 0.3) is 5.91 Å². The largest absolute Gasteiger partial charge is 0.353 e. The lowest BCUT2D eigenvalue weighted by Gasteiger charge is -2.54. The fraction of sp³-hybridized carbons (Fsp3) is 0.619. The first-order chi connectivity index (χ1) is 12.1. The third-order valence-electron chi connectivity index (χ3n) is 6.58. The molecule has 4 nitrogen and oxygen atoms in total. The van der Waals surface area contributed by atoms with E-state index in [4.69, 9.17) is 0 Å². The van der Waals surface area contributed by atoms with E-state index >= 15 is 0 Å². The molecule has 0 spiro atoms. The molecule has 1 aromatic rings. The first-order valence-electron chi connectivity index (χ1n) is 9.73. The Kier molecular flexibility index (Phi) is 4.53. The maximum atomic E-state index is 12.4. The van der Waals surface area contributed by atoms with Gasteiger partial charge >= 0.3 is 0 Å². The van der Waals surface area contributed by atoms with Gasteiger partial charge < -0.3 is 10.6 Å². The van der Waals surface area contributed by atoms with Crippen LogP contribution in [0.3, 0.4) is 0 Å². The Morgan fingerprint density at radius 3 is 2.28 bits per heavy atom. The Labute approximate surface area is 149 Å². The molecule has 4 aliphatic carbocycles. The van der Waals surface area contributed by atoms with E-state index < -0.39 is 0 Å². The van der Waals surface area contributed by atoms with Crippen LogP contribution < -0.4 is 10.6 Å². The fourth-order valence-electron chi connectivity index (χ4n) is 5.63. The Morgan fingerprint density at radius 2 is 1.64 bits per heavy atom. The van der Waals surface area contributed by atoms with Crippen LogP contribution in [0, 0.1) is 30.6 Å². The number of carbonyl (C=O) groups excluding carboxylic acids is 2. The summed E-state index contributed by atoms with van der Waals surface area (Å²) >= 11 is 0. The van der Waals surface area contributed by atoms with Crippen molar-refractivity contribution < 1.29 is 9.59 Å². The van der Waals surface area contributed by atoms with Crippen LogP contribution in [-0.2, 0) is 4.79 Å². The highest BCUT2D eigenvalue weighted by atomic mass is 16.2. The average Bonchev–Trinajstić information content (AvgIpc) is 2.58. The molecule has 25 heavy (non-hydrogen) atoms.